The summed E-state index contributed by atoms with van der Waals surface area (Å²) in [7, 11) is 0. The molecule has 0 aliphatic rings. The number of carbonyl (C=O) groups is 1. The number of thiophene rings is 1. The average molecular weight is 361 g/mol. The molecule has 5 nitrogen and oxygen atoms in total. The summed E-state index contributed by atoms with van der Waals surface area (Å²) in [5.74, 6) is -0.421. The molecular formula is C13H10ClFN2O3S2. The van der Waals surface area contributed by atoms with Gasteiger partial charge in [-0.15, -0.1) is 23.1 Å². The molecule has 9 heteroatoms. The number of benzene rings is 1. The summed E-state index contributed by atoms with van der Waals surface area (Å²) in [6, 6.07) is 6.91. The highest BCUT2D eigenvalue weighted by atomic mass is 35.5. The Bertz CT molecular complexity index is 708. The fourth-order valence-corrected chi connectivity index (χ4v) is 3.63. The second-order valence-corrected chi connectivity index (χ2v) is 6.96. The van der Waals surface area contributed by atoms with Crippen molar-refractivity contribution in [2.75, 3.05) is 11.1 Å². The van der Waals surface area contributed by atoms with Gasteiger partial charge in [0.25, 0.3) is 0 Å². The number of nitrogens with one attached hydrogen (secondary N) is 1. The summed E-state index contributed by atoms with van der Waals surface area (Å²) in [6.45, 7) is 0. The lowest BCUT2D eigenvalue weighted by atomic mass is 10.2. The number of halogens is 2. The molecule has 0 unspecified atom stereocenters. The Balaban J connectivity index is 1.86. The number of amides is 1. The zero-order valence-electron chi connectivity index (χ0n) is 11.0. The molecule has 1 heterocycles. The molecule has 0 saturated heterocycles. The Hall–Kier alpha value is -1.64. The lowest BCUT2D eigenvalue weighted by Gasteiger charge is -2.05. The van der Waals surface area contributed by atoms with Crippen LogP contribution < -0.4 is 5.32 Å². The molecule has 22 heavy (non-hydrogen) atoms. The van der Waals surface area contributed by atoms with E-state index in [0.717, 1.165) is 17.0 Å². The first-order chi connectivity index (χ1) is 10.5. The predicted molar refractivity (Wildman–Crippen MR) is 87.2 cm³/mol. The van der Waals surface area contributed by atoms with Crippen LogP contribution in [-0.2, 0) is 10.5 Å². The highest BCUT2D eigenvalue weighted by molar-refractivity contribution is 7.99. The van der Waals surface area contributed by atoms with Gasteiger partial charge in [-0.3, -0.25) is 14.9 Å². The molecule has 0 aliphatic heterocycles. The van der Waals surface area contributed by atoms with Crippen LogP contribution in [0.5, 0.6) is 0 Å². The Morgan fingerprint density at radius 1 is 1.41 bits per heavy atom. The number of nitro groups is 1. The van der Waals surface area contributed by atoms with Crippen LogP contribution in [-0.4, -0.2) is 16.6 Å². The van der Waals surface area contributed by atoms with E-state index in [1.54, 1.807) is 6.07 Å². The zero-order chi connectivity index (χ0) is 16.1. The number of anilines is 1. The number of thioether (sulfide) groups is 1. The van der Waals surface area contributed by atoms with Crippen molar-refractivity contribution in [2.24, 2.45) is 0 Å². The van der Waals surface area contributed by atoms with Gasteiger partial charge in [0.2, 0.25) is 11.7 Å². The molecule has 0 fully saturated rings. The molecule has 1 N–H and O–H groups in total. The van der Waals surface area contributed by atoms with E-state index in [2.05, 4.69) is 5.32 Å². The summed E-state index contributed by atoms with van der Waals surface area (Å²) in [5, 5.41) is 13.1. The van der Waals surface area contributed by atoms with Crippen molar-refractivity contribution >= 4 is 52.0 Å². The molecule has 0 spiro atoms. The van der Waals surface area contributed by atoms with Crippen LogP contribution in [0.2, 0.25) is 4.34 Å². The number of nitrogens with zero attached hydrogens (tertiary/aromatic N) is 1. The summed E-state index contributed by atoms with van der Waals surface area (Å²) >= 11 is 8.65. The van der Waals surface area contributed by atoms with Gasteiger partial charge in [0, 0.05) is 22.4 Å². The van der Waals surface area contributed by atoms with Crippen molar-refractivity contribution in [1.29, 1.82) is 0 Å². The third kappa shape index (κ3) is 4.69. The van der Waals surface area contributed by atoms with Crippen molar-refractivity contribution in [3.8, 4) is 0 Å². The van der Waals surface area contributed by atoms with Gasteiger partial charge < -0.3 is 5.32 Å². The van der Waals surface area contributed by atoms with E-state index in [4.69, 9.17) is 11.6 Å². The van der Waals surface area contributed by atoms with Crippen LogP contribution >= 0.6 is 34.7 Å². The average Bonchev–Trinajstić information content (AvgIpc) is 2.86. The monoisotopic (exact) mass is 360 g/mol. The summed E-state index contributed by atoms with van der Waals surface area (Å²) in [5.41, 5.74) is -0.475. The fraction of sp³-hybridized carbons (Fsp3) is 0.154. The van der Waals surface area contributed by atoms with Gasteiger partial charge in [-0.1, -0.05) is 11.6 Å². The van der Waals surface area contributed by atoms with Crippen LogP contribution in [0.25, 0.3) is 0 Å². The van der Waals surface area contributed by atoms with E-state index in [1.807, 2.05) is 6.07 Å². The van der Waals surface area contributed by atoms with Gasteiger partial charge in [-0.2, -0.15) is 4.39 Å². The maximum atomic E-state index is 13.2. The van der Waals surface area contributed by atoms with Crippen molar-refractivity contribution in [1.82, 2.24) is 0 Å². The van der Waals surface area contributed by atoms with E-state index >= 15 is 0 Å². The quantitative estimate of drug-likeness (QED) is 0.615. The minimum atomic E-state index is -0.938. The second-order valence-electron chi connectivity index (χ2n) is 4.17. The number of rotatable bonds is 6. The SMILES string of the molecule is O=C(CSCc1ccc(Cl)s1)Nc1ccc(F)c([N+](=O)[O-])c1. The first kappa shape index (κ1) is 16.7. The van der Waals surface area contributed by atoms with Gasteiger partial charge in [-0.25, -0.2) is 0 Å². The maximum absolute atomic E-state index is 13.2. The molecule has 0 saturated carbocycles. The van der Waals surface area contributed by atoms with E-state index in [0.29, 0.717) is 10.1 Å². The Morgan fingerprint density at radius 2 is 2.18 bits per heavy atom. The third-order valence-corrected chi connectivity index (χ3v) is 4.93. The smallest absolute Gasteiger partial charge is 0.306 e. The lowest BCUT2D eigenvalue weighted by Crippen LogP contribution is -2.14. The molecule has 0 atom stereocenters. The number of hydrogen-bond acceptors (Lipinski definition) is 5. The molecule has 1 amide bonds. The molecule has 0 radical (unpaired) electrons. The number of hydrogen-bond donors (Lipinski definition) is 1. The van der Waals surface area contributed by atoms with Gasteiger partial charge in [-0.05, 0) is 24.3 Å². The zero-order valence-corrected chi connectivity index (χ0v) is 13.4. The van der Waals surface area contributed by atoms with Crippen molar-refractivity contribution < 1.29 is 14.1 Å². The van der Waals surface area contributed by atoms with Crippen molar-refractivity contribution in [3.05, 3.63) is 55.5 Å². The summed E-state index contributed by atoms with van der Waals surface area (Å²) in [4.78, 5) is 22.6. The van der Waals surface area contributed by atoms with E-state index < -0.39 is 16.4 Å². The molecule has 0 bridgehead atoms. The Kier molecular flexibility index (Phi) is 5.76. The number of carbonyl (C=O) groups excluding carboxylic acids is 1. The van der Waals surface area contributed by atoms with Crippen LogP contribution in [0.15, 0.2) is 30.3 Å². The summed E-state index contributed by atoms with van der Waals surface area (Å²) in [6.07, 6.45) is 0. The first-order valence-corrected chi connectivity index (χ1v) is 8.36. The minimum Gasteiger partial charge on any atom is -0.325 e. The molecule has 2 aromatic rings. The molecule has 1 aromatic carbocycles. The van der Waals surface area contributed by atoms with E-state index in [-0.39, 0.29) is 17.3 Å². The highest BCUT2D eigenvalue weighted by Gasteiger charge is 2.15. The largest absolute Gasteiger partial charge is 0.325 e. The first-order valence-electron chi connectivity index (χ1n) is 6.01. The molecule has 2 rings (SSSR count). The Morgan fingerprint density at radius 3 is 2.82 bits per heavy atom. The van der Waals surface area contributed by atoms with Gasteiger partial charge in [0.05, 0.1) is 15.0 Å². The van der Waals surface area contributed by atoms with E-state index in [1.165, 1.54) is 29.2 Å². The molecular weight excluding hydrogens is 351 g/mol. The topological polar surface area (TPSA) is 72.2 Å². The molecule has 116 valence electrons. The van der Waals surface area contributed by atoms with Crippen molar-refractivity contribution in [2.45, 2.75) is 5.75 Å². The fourth-order valence-electron chi connectivity index (χ4n) is 1.60. The van der Waals surface area contributed by atoms with Gasteiger partial charge >= 0.3 is 5.69 Å². The lowest BCUT2D eigenvalue weighted by molar-refractivity contribution is -0.387. The van der Waals surface area contributed by atoms with Gasteiger partial charge in [0.15, 0.2) is 0 Å². The van der Waals surface area contributed by atoms with Crippen LogP contribution in [0, 0.1) is 15.9 Å². The van der Waals surface area contributed by atoms with Crippen molar-refractivity contribution in [3.63, 3.8) is 0 Å². The Labute approximate surface area is 138 Å². The highest BCUT2D eigenvalue weighted by Crippen LogP contribution is 2.25. The standard InChI is InChI=1S/C13H10ClFN2O3S2/c14-12-4-2-9(22-12)6-21-7-13(18)16-8-1-3-10(15)11(5-8)17(19)20/h1-5H,6-7H2,(H,16,18). The van der Waals surface area contributed by atoms with Crippen LogP contribution in [0.4, 0.5) is 15.8 Å². The minimum absolute atomic E-state index is 0.181. The van der Waals surface area contributed by atoms with Crippen LogP contribution in [0.1, 0.15) is 4.88 Å². The second kappa shape index (κ2) is 7.57. The number of nitro benzene ring substituents is 1. The van der Waals surface area contributed by atoms with Gasteiger partial charge in [0.1, 0.15) is 0 Å². The molecule has 0 aliphatic carbocycles. The third-order valence-electron chi connectivity index (χ3n) is 2.53. The van der Waals surface area contributed by atoms with Crippen LogP contribution in [0.3, 0.4) is 0 Å². The maximum Gasteiger partial charge on any atom is 0.306 e. The predicted octanol–water partition coefficient (Wildman–Crippen LogP) is 4.32. The summed E-state index contributed by atoms with van der Waals surface area (Å²) < 4.78 is 13.9. The normalized spacial score (nSPS) is 10.5. The molecule has 1 aromatic heterocycles. The van der Waals surface area contributed by atoms with E-state index in [9.17, 15) is 19.3 Å².